The number of amides is 1. The van der Waals surface area contributed by atoms with E-state index in [0.29, 0.717) is 24.0 Å². The normalized spacial score (nSPS) is 18.6. The Labute approximate surface area is 222 Å². The number of pyridine rings is 1. The number of alkyl halides is 6. The molecule has 9 nitrogen and oxygen atoms in total. The van der Waals surface area contributed by atoms with Crippen molar-refractivity contribution in [1.29, 1.82) is 0 Å². The summed E-state index contributed by atoms with van der Waals surface area (Å²) in [7, 11) is 0. The van der Waals surface area contributed by atoms with Gasteiger partial charge in [0.05, 0.1) is 42.1 Å². The molecule has 0 saturated carbocycles. The van der Waals surface area contributed by atoms with E-state index in [1.54, 1.807) is 19.1 Å². The summed E-state index contributed by atoms with van der Waals surface area (Å²) in [6.07, 6.45) is -5.90. The molecule has 0 unspecified atom stereocenters. The van der Waals surface area contributed by atoms with Crippen molar-refractivity contribution in [3.05, 3.63) is 47.7 Å². The van der Waals surface area contributed by atoms with Gasteiger partial charge >= 0.3 is 12.4 Å². The van der Waals surface area contributed by atoms with Gasteiger partial charge < -0.3 is 15.4 Å². The van der Waals surface area contributed by atoms with Gasteiger partial charge in [0.15, 0.2) is 5.69 Å². The van der Waals surface area contributed by atoms with E-state index < -0.39 is 30.5 Å². The maximum atomic E-state index is 13.0. The Kier molecular flexibility index (Phi) is 8.25. The van der Waals surface area contributed by atoms with Crippen molar-refractivity contribution in [1.82, 2.24) is 24.2 Å². The standard InChI is InChI=1S/C23H23F6N7O2S/c1-12-10-36(11-22(24,25)26)6-5-15(12)38-18-4-3-14(7-32-18)33-20(37)19-13(2)35-39-21(19)34-17-9-30-16(8-31-17)23(27,28)29/h3-4,7-9,12,15H,5-6,10-11H2,1-2H3,(H,31,34)(H,33,37)/t12-,15+/m1/s1. The van der Waals surface area contributed by atoms with Crippen LogP contribution >= 0.6 is 11.5 Å². The van der Waals surface area contributed by atoms with E-state index in [9.17, 15) is 31.1 Å². The first-order chi connectivity index (χ1) is 18.3. The first-order valence-electron chi connectivity index (χ1n) is 11.6. The molecule has 210 valence electrons. The molecule has 0 radical (unpaired) electrons. The number of hydrogen-bond acceptors (Lipinski definition) is 9. The van der Waals surface area contributed by atoms with E-state index >= 15 is 0 Å². The van der Waals surface area contributed by atoms with Crippen LogP contribution in [0.1, 0.15) is 35.1 Å². The number of ether oxygens (including phenoxy) is 1. The molecule has 2 atom stereocenters. The zero-order valence-electron chi connectivity index (χ0n) is 20.6. The van der Waals surface area contributed by atoms with Crippen LogP contribution in [-0.4, -0.2) is 62.0 Å². The fourth-order valence-electron chi connectivity index (χ4n) is 4.03. The monoisotopic (exact) mass is 575 g/mol. The highest BCUT2D eigenvalue weighted by Gasteiger charge is 2.36. The largest absolute Gasteiger partial charge is 0.474 e. The molecule has 1 fully saturated rings. The predicted molar refractivity (Wildman–Crippen MR) is 130 cm³/mol. The van der Waals surface area contributed by atoms with Crippen LogP contribution in [0, 0.1) is 12.8 Å². The first-order valence-corrected chi connectivity index (χ1v) is 12.4. The molecule has 16 heteroatoms. The van der Waals surface area contributed by atoms with E-state index in [-0.39, 0.29) is 47.4 Å². The summed E-state index contributed by atoms with van der Waals surface area (Å²) in [6.45, 7) is 2.98. The second-order valence-electron chi connectivity index (χ2n) is 8.99. The van der Waals surface area contributed by atoms with Gasteiger partial charge in [0.1, 0.15) is 16.9 Å². The summed E-state index contributed by atoms with van der Waals surface area (Å²) in [6, 6.07) is 3.10. The lowest BCUT2D eigenvalue weighted by molar-refractivity contribution is -0.152. The lowest BCUT2D eigenvalue weighted by atomic mass is 9.96. The number of carbonyl (C=O) groups is 1. The number of hydrogen-bond donors (Lipinski definition) is 2. The van der Waals surface area contributed by atoms with E-state index in [4.69, 9.17) is 4.74 Å². The first kappa shape index (κ1) is 28.5. The number of carbonyl (C=O) groups excluding carboxylic acids is 1. The topological polar surface area (TPSA) is 105 Å². The molecule has 4 rings (SSSR count). The van der Waals surface area contributed by atoms with Crippen molar-refractivity contribution < 1.29 is 35.9 Å². The summed E-state index contributed by atoms with van der Waals surface area (Å²) in [5, 5.41) is 5.71. The summed E-state index contributed by atoms with van der Waals surface area (Å²) >= 11 is 0.931. The van der Waals surface area contributed by atoms with Crippen molar-refractivity contribution in [2.24, 2.45) is 5.92 Å². The van der Waals surface area contributed by atoms with Gasteiger partial charge in [0.2, 0.25) is 5.88 Å². The van der Waals surface area contributed by atoms with Crippen molar-refractivity contribution in [2.45, 2.75) is 38.7 Å². The average Bonchev–Trinajstić information content (AvgIpc) is 3.20. The van der Waals surface area contributed by atoms with Crippen molar-refractivity contribution in [3.63, 3.8) is 0 Å². The van der Waals surface area contributed by atoms with Gasteiger partial charge in [0.25, 0.3) is 5.91 Å². The SMILES string of the molecule is Cc1nsc(Nc2cnc(C(F)(F)F)cn2)c1C(=O)Nc1ccc(O[C@H]2CCN(CC(F)(F)F)C[C@H]2C)nc1. The number of halogens is 6. The van der Waals surface area contributed by atoms with Crippen LogP contribution in [0.15, 0.2) is 30.7 Å². The lowest BCUT2D eigenvalue weighted by Gasteiger charge is -2.36. The second-order valence-corrected chi connectivity index (χ2v) is 9.77. The zero-order chi connectivity index (χ0) is 28.4. The molecule has 0 aliphatic carbocycles. The second kappa shape index (κ2) is 11.3. The molecule has 0 aromatic carbocycles. The van der Waals surface area contributed by atoms with Gasteiger partial charge in [-0.2, -0.15) is 30.7 Å². The minimum absolute atomic E-state index is 0.00216. The number of nitrogens with zero attached hydrogens (tertiary/aromatic N) is 5. The maximum Gasteiger partial charge on any atom is 0.434 e. The molecule has 0 spiro atoms. The minimum atomic E-state index is -4.63. The number of anilines is 3. The Morgan fingerprint density at radius 1 is 1.13 bits per heavy atom. The maximum absolute atomic E-state index is 13.0. The third-order valence-corrected chi connectivity index (χ3v) is 6.71. The Balaban J connectivity index is 1.36. The summed E-state index contributed by atoms with van der Waals surface area (Å²) < 4.78 is 86.1. The molecule has 3 aromatic heterocycles. The van der Waals surface area contributed by atoms with Crippen LogP contribution in [0.5, 0.6) is 5.88 Å². The van der Waals surface area contributed by atoms with Crippen LogP contribution in [0.3, 0.4) is 0 Å². The lowest BCUT2D eigenvalue weighted by Crippen LogP contribution is -2.47. The highest BCUT2D eigenvalue weighted by Crippen LogP contribution is 2.31. The van der Waals surface area contributed by atoms with Crippen LogP contribution in [0.2, 0.25) is 0 Å². The number of nitrogens with one attached hydrogen (secondary N) is 2. The van der Waals surface area contributed by atoms with Crippen molar-refractivity contribution in [3.8, 4) is 5.88 Å². The van der Waals surface area contributed by atoms with Gasteiger partial charge in [0, 0.05) is 25.1 Å². The smallest absolute Gasteiger partial charge is 0.434 e. The van der Waals surface area contributed by atoms with Gasteiger partial charge in [-0.3, -0.25) is 9.69 Å². The summed E-state index contributed by atoms with van der Waals surface area (Å²) in [5.41, 5.74) is -0.251. The molecule has 2 N–H and O–H groups in total. The average molecular weight is 576 g/mol. The Morgan fingerprint density at radius 2 is 1.90 bits per heavy atom. The van der Waals surface area contributed by atoms with E-state index in [1.807, 2.05) is 6.92 Å². The predicted octanol–water partition coefficient (Wildman–Crippen LogP) is 5.30. The van der Waals surface area contributed by atoms with E-state index in [0.717, 1.165) is 17.7 Å². The highest BCUT2D eigenvalue weighted by molar-refractivity contribution is 7.10. The Bertz CT molecular complexity index is 1280. The quantitative estimate of drug-likeness (QED) is 0.366. The van der Waals surface area contributed by atoms with Crippen LogP contribution in [0.4, 0.5) is 42.8 Å². The summed E-state index contributed by atoms with van der Waals surface area (Å²) in [4.78, 5) is 25.5. The minimum Gasteiger partial charge on any atom is -0.474 e. The van der Waals surface area contributed by atoms with Crippen molar-refractivity contribution in [2.75, 3.05) is 30.3 Å². The number of rotatable bonds is 7. The fraction of sp³-hybridized carbons (Fsp3) is 0.435. The van der Waals surface area contributed by atoms with E-state index in [1.165, 1.54) is 11.1 Å². The van der Waals surface area contributed by atoms with Gasteiger partial charge in [-0.1, -0.05) is 6.92 Å². The van der Waals surface area contributed by atoms with Gasteiger partial charge in [-0.05, 0) is 30.9 Å². The van der Waals surface area contributed by atoms with Gasteiger partial charge in [-0.15, -0.1) is 0 Å². The Morgan fingerprint density at radius 3 is 2.49 bits per heavy atom. The number of aryl methyl sites for hydroxylation is 1. The molecular weight excluding hydrogens is 552 g/mol. The molecule has 39 heavy (non-hydrogen) atoms. The molecule has 0 bridgehead atoms. The van der Waals surface area contributed by atoms with Crippen LogP contribution in [-0.2, 0) is 6.18 Å². The van der Waals surface area contributed by atoms with Crippen LogP contribution < -0.4 is 15.4 Å². The number of piperidine rings is 1. The fourth-order valence-corrected chi connectivity index (χ4v) is 4.83. The molecule has 3 aromatic rings. The van der Waals surface area contributed by atoms with E-state index in [2.05, 4.69) is 30.0 Å². The number of aromatic nitrogens is 4. The molecular formula is C23H23F6N7O2S. The van der Waals surface area contributed by atoms with Crippen molar-refractivity contribution >= 4 is 33.9 Å². The third kappa shape index (κ3) is 7.53. The van der Waals surface area contributed by atoms with Gasteiger partial charge in [-0.25, -0.2) is 15.0 Å². The molecule has 4 heterocycles. The van der Waals surface area contributed by atoms with Crippen LogP contribution in [0.25, 0.3) is 0 Å². The third-order valence-electron chi connectivity index (χ3n) is 5.85. The molecule has 1 saturated heterocycles. The Hall–Kier alpha value is -3.53. The zero-order valence-corrected chi connectivity index (χ0v) is 21.4. The molecule has 1 aliphatic heterocycles. The number of likely N-dealkylation sites (tertiary alicyclic amines) is 1. The molecule has 1 aliphatic rings. The highest BCUT2D eigenvalue weighted by atomic mass is 32.1. The summed E-state index contributed by atoms with van der Waals surface area (Å²) in [5.74, 6) is -0.408. The molecule has 1 amide bonds.